The van der Waals surface area contributed by atoms with Gasteiger partial charge in [-0.2, -0.15) is 5.10 Å². The second kappa shape index (κ2) is 6.89. The van der Waals surface area contributed by atoms with Crippen molar-refractivity contribution in [1.82, 2.24) is 14.7 Å². The lowest BCUT2D eigenvalue weighted by atomic mass is 10.1. The van der Waals surface area contributed by atoms with Crippen LogP contribution in [0.15, 0.2) is 18.2 Å². The molecular weight excluding hydrogens is 466 g/mol. The van der Waals surface area contributed by atoms with E-state index in [0.29, 0.717) is 44.6 Å². The fraction of sp³-hybridized carbons (Fsp3) is 0.267. The summed E-state index contributed by atoms with van der Waals surface area (Å²) in [4.78, 5) is 25.9. The lowest BCUT2D eigenvalue weighted by Gasteiger charge is -2.28. The predicted octanol–water partition coefficient (Wildman–Crippen LogP) is 2.48. The quantitative estimate of drug-likeness (QED) is 0.688. The number of halogens is 3. The molecule has 0 atom stereocenters. The van der Waals surface area contributed by atoms with Crippen molar-refractivity contribution < 1.29 is 9.59 Å². The second-order valence-corrected chi connectivity index (χ2v) is 7.28. The maximum Gasteiger partial charge on any atom is 0.253 e. The van der Waals surface area contributed by atoms with Crippen molar-refractivity contribution in [2.75, 3.05) is 6.54 Å². The third-order valence-corrected chi connectivity index (χ3v) is 5.37. The van der Waals surface area contributed by atoms with Gasteiger partial charge in [-0.05, 0) is 40.3 Å². The van der Waals surface area contributed by atoms with E-state index in [2.05, 4.69) is 5.10 Å². The molecule has 1 aromatic heterocycles. The van der Waals surface area contributed by atoms with Crippen LogP contribution >= 0.6 is 45.8 Å². The van der Waals surface area contributed by atoms with Gasteiger partial charge >= 0.3 is 0 Å². The van der Waals surface area contributed by atoms with E-state index in [1.807, 2.05) is 22.6 Å². The Morgan fingerprint density at radius 2 is 2.00 bits per heavy atom. The Morgan fingerprint density at radius 3 is 2.67 bits per heavy atom. The van der Waals surface area contributed by atoms with Crippen molar-refractivity contribution in [2.24, 2.45) is 5.73 Å². The smallest absolute Gasteiger partial charge is 0.253 e. The highest BCUT2D eigenvalue weighted by Gasteiger charge is 2.28. The predicted molar refractivity (Wildman–Crippen MR) is 99.0 cm³/mol. The number of rotatable bonds is 3. The third kappa shape index (κ3) is 3.38. The first kappa shape index (κ1) is 17.5. The summed E-state index contributed by atoms with van der Waals surface area (Å²) in [6.07, 6.45) is 0.216. The molecule has 2 amide bonds. The lowest BCUT2D eigenvalue weighted by Crippen LogP contribution is -2.40. The molecule has 2 aromatic rings. The van der Waals surface area contributed by atoms with Gasteiger partial charge in [0.1, 0.15) is 3.70 Å². The van der Waals surface area contributed by atoms with Crippen molar-refractivity contribution in [1.29, 1.82) is 0 Å². The molecule has 126 valence electrons. The van der Waals surface area contributed by atoms with E-state index in [4.69, 9.17) is 28.9 Å². The molecule has 0 fully saturated rings. The minimum absolute atomic E-state index is 0.0498. The minimum Gasteiger partial charge on any atom is -0.365 e. The number of benzene rings is 1. The summed E-state index contributed by atoms with van der Waals surface area (Å²) in [6, 6.07) is 5.14. The van der Waals surface area contributed by atoms with Crippen molar-refractivity contribution in [3.8, 4) is 0 Å². The summed E-state index contributed by atoms with van der Waals surface area (Å²) in [5, 5.41) is 5.18. The van der Waals surface area contributed by atoms with E-state index in [9.17, 15) is 9.59 Å². The van der Waals surface area contributed by atoms with Gasteiger partial charge in [-0.15, -0.1) is 0 Å². The number of carbonyl (C=O) groups excluding carboxylic acids is 2. The number of primary amides is 1. The molecule has 1 aliphatic rings. The van der Waals surface area contributed by atoms with Crippen LogP contribution in [0.1, 0.15) is 21.6 Å². The van der Waals surface area contributed by atoms with Crippen molar-refractivity contribution in [3.05, 3.63) is 48.8 Å². The number of aromatic nitrogens is 2. The van der Waals surface area contributed by atoms with Crippen LogP contribution in [0.5, 0.6) is 0 Å². The molecule has 0 unspecified atom stereocenters. The zero-order valence-corrected chi connectivity index (χ0v) is 16.1. The van der Waals surface area contributed by atoms with E-state index < -0.39 is 5.91 Å². The fourth-order valence-corrected chi connectivity index (χ4v) is 3.84. The van der Waals surface area contributed by atoms with Gasteiger partial charge in [0.25, 0.3) is 5.91 Å². The van der Waals surface area contributed by atoms with Crippen LogP contribution in [0.2, 0.25) is 10.0 Å². The van der Waals surface area contributed by atoms with E-state index in [-0.39, 0.29) is 12.3 Å². The summed E-state index contributed by atoms with van der Waals surface area (Å²) in [6.45, 7) is 1.38. The molecule has 0 bridgehead atoms. The lowest BCUT2D eigenvalue weighted by molar-refractivity contribution is -0.132. The summed E-state index contributed by atoms with van der Waals surface area (Å²) < 4.78 is 2.30. The van der Waals surface area contributed by atoms with Crippen LogP contribution in [-0.2, 0) is 24.3 Å². The normalized spacial score (nSPS) is 13.7. The first-order valence-electron chi connectivity index (χ1n) is 7.13. The minimum atomic E-state index is -0.528. The molecule has 0 saturated heterocycles. The highest BCUT2D eigenvalue weighted by molar-refractivity contribution is 14.1. The van der Waals surface area contributed by atoms with Crippen LogP contribution in [0, 0.1) is 3.70 Å². The second-order valence-electron chi connectivity index (χ2n) is 5.44. The van der Waals surface area contributed by atoms with Gasteiger partial charge in [-0.3, -0.25) is 14.3 Å². The largest absolute Gasteiger partial charge is 0.365 e. The first-order chi connectivity index (χ1) is 11.4. The molecule has 3 rings (SSSR count). The van der Waals surface area contributed by atoms with Crippen molar-refractivity contribution in [2.45, 2.75) is 19.5 Å². The topological polar surface area (TPSA) is 81.2 Å². The van der Waals surface area contributed by atoms with Crippen LogP contribution in [0.4, 0.5) is 0 Å². The first-order valence-corrected chi connectivity index (χ1v) is 8.97. The molecule has 0 saturated carbocycles. The van der Waals surface area contributed by atoms with Gasteiger partial charge in [-0.1, -0.05) is 29.3 Å². The number of fused-ring (bicyclic) bond motifs is 1. The summed E-state index contributed by atoms with van der Waals surface area (Å²) in [5.41, 5.74) is 7.29. The van der Waals surface area contributed by atoms with Crippen LogP contribution in [0.3, 0.4) is 0 Å². The number of nitrogens with two attached hydrogens (primary N) is 1. The molecule has 2 heterocycles. The molecule has 6 nitrogen and oxygen atoms in total. The van der Waals surface area contributed by atoms with Crippen molar-refractivity contribution >= 4 is 57.6 Å². The number of nitrogens with zero attached hydrogens (tertiary/aromatic N) is 3. The molecule has 9 heteroatoms. The molecule has 2 N–H and O–H groups in total. The van der Waals surface area contributed by atoms with E-state index in [0.717, 1.165) is 5.56 Å². The Hall–Kier alpha value is -1.32. The Balaban J connectivity index is 1.78. The zero-order valence-electron chi connectivity index (χ0n) is 12.4. The Morgan fingerprint density at radius 1 is 1.25 bits per heavy atom. The summed E-state index contributed by atoms with van der Waals surface area (Å²) in [5.74, 6) is -0.578. The standard InChI is InChI=1S/C15H13Cl2IN4O2/c16-9-2-1-8(5-10(9)17)6-12(23)21-3-4-22-11(7-21)13(15(19)24)14(18)20-22/h1-2,5H,3-4,6-7H2,(H2,19,24). The van der Waals surface area contributed by atoms with E-state index in [1.54, 1.807) is 27.8 Å². The molecule has 24 heavy (non-hydrogen) atoms. The van der Waals surface area contributed by atoms with Crippen LogP contribution in [-0.4, -0.2) is 33.0 Å². The molecule has 0 aliphatic carbocycles. The molecular formula is C15H13Cl2IN4O2. The maximum absolute atomic E-state index is 12.6. The summed E-state index contributed by atoms with van der Waals surface area (Å²) in [7, 11) is 0. The Labute approximate surface area is 162 Å². The van der Waals surface area contributed by atoms with Gasteiger partial charge < -0.3 is 10.6 Å². The monoisotopic (exact) mass is 478 g/mol. The Bertz CT molecular complexity index is 837. The van der Waals surface area contributed by atoms with Crippen LogP contribution < -0.4 is 5.73 Å². The highest BCUT2D eigenvalue weighted by Crippen LogP contribution is 2.24. The van der Waals surface area contributed by atoms with Gasteiger partial charge in [0.2, 0.25) is 5.91 Å². The van der Waals surface area contributed by atoms with Gasteiger partial charge in [0.05, 0.1) is 40.8 Å². The summed E-state index contributed by atoms with van der Waals surface area (Å²) >= 11 is 13.9. The van der Waals surface area contributed by atoms with Crippen LogP contribution in [0.25, 0.3) is 0 Å². The molecule has 1 aliphatic heterocycles. The molecule has 1 aromatic carbocycles. The molecule has 0 spiro atoms. The van der Waals surface area contributed by atoms with E-state index in [1.165, 1.54) is 0 Å². The SMILES string of the molecule is NC(=O)c1c(I)nn2c1CN(C(=O)Cc1ccc(Cl)c(Cl)c1)CC2. The Kier molecular flexibility index (Phi) is 5.03. The number of hydrogen-bond acceptors (Lipinski definition) is 3. The van der Waals surface area contributed by atoms with E-state index >= 15 is 0 Å². The average Bonchev–Trinajstić information content (AvgIpc) is 2.85. The van der Waals surface area contributed by atoms with Gasteiger partial charge in [0, 0.05) is 6.54 Å². The number of carbonyl (C=O) groups is 2. The number of amides is 2. The fourth-order valence-electron chi connectivity index (χ4n) is 2.68. The molecule has 0 radical (unpaired) electrons. The average molecular weight is 479 g/mol. The van der Waals surface area contributed by atoms with Crippen molar-refractivity contribution in [3.63, 3.8) is 0 Å². The maximum atomic E-state index is 12.6. The number of hydrogen-bond donors (Lipinski definition) is 1. The third-order valence-electron chi connectivity index (χ3n) is 3.88. The highest BCUT2D eigenvalue weighted by atomic mass is 127. The van der Waals surface area contributed by atoms with Gasteiger partial charge in [0.15, 0.2) is 0 Å². The van der Waals surface area contributed by atoms with Gasteiger partial charge in [-0.25, -0.2) is 0 Å². The zero-order chi connectivity index (χ0) is 17.4.